The number of carbonyl (C=O) groups is 1. The van der Waals surface area contributed by atoms with Gasteiger partial charge in [0.05, 0.1) is 16.7 Å². The summed E-state index contributed by atoms with van der Waals surface area (Å²) in [6, 6.07) is 4.95. The number of hydrogen-bond acceptors (Lipinski definition) is 2. The summed E-state index contributed by atoms with van der Waals surface area (Å²) in [5.41, 5.74) is 0.462. The lowest BCUT2D eigenvalue weighted by Gasteiger charge is -2.11. The second-order valence-corrected chi connectivity index (χ2v) is 3.98. The molecule has 0 heterocycles. The second-order valence-electron chi connectivity index (χ2n) is 2.76. The smallest absolute Gasteiger partial charge is 0.328 e. The van der Waals surface area contributed by atoms with E-state index in [1.165, 1.54) is 0 Å². The molecule has 0 N–H and O–H groups in total. The molecule has 0 aliphatic rings. The van der Waals surface area contributed by atoms with Crippen molar-refractivity contribution in [2.45, 2.75) is 12.3 Å². The standard InChI is InChI=1S/C10H9Cl3O2/c1-2-15-10(14)9(13)6-4-3-5-7(11)8(6)12/h3-5,9H,2H2,1H3. The van der Waals surface area contributed by atoms with Crippen molar-refractivity contribution < 1.29 is 9.53 Å². The number of esters is 1. The molecule has 5 heteroatoms. The molecule has 0 saturated carbocycles. The molecule has 2 nitrogen and oxygen atoms in total. The van der Waals surface area contributed by atoms with E-state index in [-0.39, 0.29) is 11.6 Å². The largest absolute Gasteiger partial charge is 0.465 e. The van der Waals surface area contributed by atoms with E-state index in [4.69, 9.17) is 39.5 Å². The van der Waals surface area contributed by atoms with Gasteiger partial charge in [0.25, 0.3) is 0 Å². The Morgan fingerprint density at radius 3 is 2.73 bits per heavy atom. The summed E-state index contributed by atoms with van der Waals surface area (Å²) in [4.78, 5) is 11.4. The number of rotatable bonds is 3. The van der Waals surface area contributed by atoms with Crippen LogP contribution in [0.25, 0.3) is 0 Å². The minimum Gasteiger partial charge on any atom is -0.465 e. The van der Waals surface area contributed by atoms with Crippen LogP contribution in [0.1, 0.15) is 17.9 Å². The Balaban J connectivity index is 2.96. The Kier molecular flexibility index (Phi) is 4.71. The molecule has 1 rings (SSSR count). The quantitative estimate of drug-likeness (QED) is 0.614. The van der Waals surface area contributed by atoms with Crippen molar-refractivity contribution in [1.29, 1.82) is 0 Å². The number of benzene rings is 1. The molecule has 1 atom stereocenters. The Morgan fingerprint density at radius 2 is 2.13 bits per heavy atom. The fraction of sp³-hybridized carbons (Fsp3) is 0.300. The first-order valence-corrected chi connectivity index (χ1v) is 5.51. The van der Waals surface area contributed by atoms with Crippen LogP contribution in [0.15, 0.2) is 18.2 Å². The molecule has 0 aromatic heterocycles. The summed E-state index contributed by atoms with van der Waals surface area (Å²) in [7, 11) is 0. The fourth-order valence-corrected chi connectivity index (χ4v) is 1.78. The van der Waals surface area contributed by atoms with Gasteiger partial charge in [-0.25, -0.2) is 0 Å². The van der Waals surface area contributed by atoms with Gasteiger partial charge < -0.3 is 4.74 Å². The molecule has 0 amide bonds. The Labute approximate surface area is 103 Å². The van der Waals surface area contributed by atoms with Crippen molar-refractivity contribution in [3.63, 3.8) is 0 Å². The topological polar surface area (TPSA) is 26.3 Å². The summed E-state index contributed by atoms with van der Waals surface area (Å²) in [6.07, 6.45) is 0. The highest BCUT2D eigenvalue weighted by molar-refractivity contribution is 6.43. The second kappa shape index (κ2) is 5.59. The van der Waals surface area contributed by atoms with Crippen molar-refractivity contribution in [2.75, 3.05) is 6.61 Å². The first kappa shape index (κ1) is 12.6. The highest BCUT2D eigenvalue weighted by Crippen LogP contribution is 2.33. The normalized spacial score (nSPS) is 12.3. The molecule has 1 aromatic carbocycles. The lowest BCUT2D eigenvalue weighted by atomic mass is 10.1. The minimum atomic E-state index is -0.920. The monoisotopic (exact) mass is 266 g/mol. The average Bonchev–Trinajstić information content (AvgIpc) is 2.21. The van der Waals surface area contributed by atoms with E-state index in [0.717, 1.165) is 0 Å². The van der Waals surface area contributed by atoms with Gasteiger partial charge in [0.1, 0.15) is 0 Å². The van der Waals surface area contributed by atoms with E-state index < -0.39 is 11.3 Å². The van der Waals surface area contributed by atoms with Crippen molar-refractivity contribution in [3.05, 3.63) is 33.8 Å². The van der Waals surface area contributed by atoms with Gasteiger partial charge >= 0.3 is 5.97 Å². The third-order valence-electron chi connectivity index (χ3n) is 1.75. The summed E-state index contributed by atoms with van der Waals surface area (Å²) < 4.78 is 4.78. The number of alkyl halides is 1. The van der Waals surface area contributed by atoms with Crippen LogP contribution in [-0.4, -0.2) is 12.6 Å². The molecule has 0 fully saturated rings. The zero-order chi connectivity index (χ0) is 11.4. The number of hydrogen-bond donors (Lipinski definition) is 0. The summed E-state index contributed by atoms with van der Waals surface area (Å²) in [5.74, 6) is -0.525. The summed E-state index contributed by atoms with van der Waals surface area (Å²) in [6.45, 7) is 1.99. The predicted molar refractivity (Wildman–Crippen MR) is 61.7 cm³/mol. The van der Waals surface area contributed by atoms with Gasteiger partial charge in [-0.2, -0.15) is 0 Å². The Morgan fingerprint density at radius 1 is 1.47 bits per heavy atom. The van der Waals surface area contributed by atoms with E-state index in [1.54, 1.807) is 25.1 Å². The SMILES string of the molecule is CCOC(=O)C(Cl)c1cccc(Cl)c1Cl. The summed E-state index contributed by atoms with van der Waals surface area (Å²) >= 11 is 17.6. The molecule has 15 heavy (non-hydrogen) atoms. The van der Waals surface area contributed by atoms with Crippen molar-refractivity contribution in [3.8, 4) is 0 Å². The van der Waals surface area contributed by atoms with Crippen LogP contribution in [0.2, 0.25) is 10.0 Å². The summed E-state index contributed by atoms with van der Waals surface area (Å²) in [5, 5.41) is -0.271. The Bertz CT molecular complexity index is 366. The van der Waals surface area contributed by atoms with E-state index in [9.17, 15) is 4.79 Å². The first-order chi connectivity index (χ1) is 7.07. The molecule has 82 valence electrons. The fourth-order valence-electron chi connectivity index (χ4n) is 1.06. The van der Waals surface area contributed by atoms with Gasteiger partial charge in [0.15, 0.2) is 5.38 Å². The van der Waals surface area contributed by atoms with Crippen LogP contribution >= 0.6 is 34.8 Å². The molecule has 1 aromatic rings. The van der Waals surface area contributed by atoms with E-state index in [0.29, 0.717) is 10.6 Å². The van der Waals surface area contributed by atoms with Crippen LogP contribution in [0.4, 0.5) is 0 Å². The maximum atomic E-state index is 11.4. The van der Waals surface area contributed by atoms with Crippen molar-refractivity contribution in [1.82, 2.24) is 0 Å². The van der Waals surface area contributed by atoms with E-state index in [2.05, 4.69) is 0 Å². The molecule has 0 spiro atoms. The van der Waals surface area contributed by atoms with Gasteiger partial charge in [0.2, 0.25) is 0 Å². The first-order valence-electron chi connectivity index (χ1n) is 4.32. The third kappa shape index (κ3) is 3.00. The minimum absolute atomic E-state index is 0.278. The van der Waals surface area contributed by atoms with Crippen LogP contribution in [-0.2, 0) is 9.53 Å². The van der Waals surface area contributed by atoms with Crippen LogP contribution < -0.4 is 0 Å². The molecule has 1 unspecified atom stereocenters. The van der Waals surface area contributed by atoms with Gasteiger partial charge in [-0.15, -0.1) is 11.6 Å². The number of halogens is 3. The van der Waals surface area contributed by atoms with Gasteiger partial charge in [-0.3, -0.25) is 4.79 Å². The highest BCUT2D eigenvalue weighted by Gasteiger charge is 2.22. The molecule has 0 aliphatic heterocycles. The van der Waals surface area contributed by atoms with Crippen molar-refractivity contribution in [2.24, 2.45) is 0 Å². The van der Waals surface area contributed by atoms with Crippen LogP contribution in [0, 0.1) is 0 Å². The average molecular weight is 268 g/mol. The predicted octanol–water partition coefficient (Wildman–Crippen LogP) is 3.84. The van der Waals surface area contributed by atoms with Crippen LogP contribution in [0.3, 0.4) is 0 Å². The number of ether oxygens (including phenoxy) is 1. The molecular weight excluding hydrogens is 258 g/mol. The van der Waals surface area contributed by atoms with Gasteiger partial charge in [0, 0.05) is 5.56 Å². The molecule has 0 saturated heterocycles. The molecular formula is C10H9Cl3O2. The maximum Gasteiger partial charge on any atom is 0.328 e. The molecule has 0 bridgehead atoms. The van der Waals surface area contributed by atoms with E-state index >= 15 is 0 Å². The number of carbonyl (C=O) groups excluding carboxylic acids is 1. The van der Waals surface area contributed by atoms with Crippen LogP contribution in [0.5, 0.6) is 0 Å². The van der Waals surface area contributed by atoms with E-state index in [1.807, 2.05) is 0 Å². The Hall–Kier alpha value is -0.440. The van der Waals surface area contributed by atoms with Gasteiger partial charge in [-0.05, 0) is 13.0 Å². The highest BCUT2D eigenvalue weighted by atomic mass is 35.5. The van der Waals surface area contributed by atoms with Gasteiger partial charge in [-0.1, -0.05) is 35.3 Å². The molecule has 0 radical (unpaired) electrons. The zero-order valence-electron chi connectivity index (χ0n) is 7.97. The lowest BCUT2D eigenvalue weighted by molar-refractivity contribution is -0.142. The van der Waals surface area contributed by atoms with Crippen molar-refractivity contribution >= 4 is 40.8 Å². The zero-order valence-corrected chi connectivity index (χ0v) is 10.2. The lowest BCUT2D eigenvalue weighted by Crippen LogP contribution is -2.11. The maximum absolute atomic E-state index is 11.4. The third-order valence-corrected chi connectivity index (χ3v) is 2.99. The molecule has 0 aliphatic carbocycles.